The third-order valence-electron chi connectivity index (χ3n) is 9.47. The molecule has 0 bridgehead atoms. The van der Waals surface area contributed by atoms with Crippen molar-refractivity contribution < 1.29 is 23.1 Å². The molecule has 4 aromatic heterocycles. The summed E-state index contributed by atoms with van der Waals surface area (Å²) in [7, 11) is -0.150. The Hall–Kier alpha value is -5.79. The fourth-order valence-electron chi connectivity index (χ4n) is 6.97. The average molecular weight is 700 g/mol. The van der Waals surface area contributed by atoms with E-state index in [9.17, 15) is 23.1 Å². The number of nitrogens with one attached hydrogen (secondary N) is 2. The molecule has 1 amide bonds. The number of nitrogens with zero attached hydrogens (tertiary/aromatic N) is 5. The largest absolute Gasteiger partial charge is 0.477 e. The number of aryl methyl sites for hydroxylation is 4. The van der Waals surface area contributed by atoms with Crippen molar-refractivity contribution in [2.45, 2.75) is 30.6 Å². The Balaban J connectivity index is 1.02. The number of carbonyl (C=O) groups is 2. The van der Waals surface area contributed by atoms with Crippen LogP contribution in [0.15, 0.2) is 77.7 Å². The van der Waals surface area contributed by atoms with Gasteiger partial charge in [0.05, 0.1) is 27.7 Å². The highest BCUT2D eigenvalue weighted by Gasteiger charge is 2.26. The number of carbonyl (C=O) groups excluding carboxylic acids is 1. The first-order chi connectivity index (χ1) is 24.6. The summed E-state index contributed by atoms with van der Waals surface area (Å²) in [6, 6.07) is 21.8. The minimum Gasteiger partial charge on any atom is -0.477 e. The predicted octanol–water partition coefficient (Wildman–Crippen LogP) is 4.58. The van der Waals surface area contributed by atoms with Crippen molar-refractivity contribution in [3.8, 4) is 22.8 Å². The van der Waals surface area contributed by atoms with Crippen LogP contribution in [0.2, 0.25) is 0 Å². The van der Waals surface area contributed by atoms with Gasteiger partial charge in [0, 0.05) is 43.6 Å². The summed E-state index contributed by atoms with van der Waals surface area (Å²) < 4.78 is 29.4. The van der Waals surface area contributed by atoms with Crippen LogP contribution in [0, 0.1) is 0 Å². The number of pyridine rings is 4. The van der Waals surface area contributed by atoms with Crippen molar-refractivity contribution in [2.75, 3.05) is 32.1 Å². The lowest BCUT2D eigenvalue weighted by molar-refractivity contribution is 0.0690. The standard InChI is InChI=1S/C38H33N7O5S/c1-45(2)29-7-3-5-21-6-4-8-30(31(21)29)51(49,50)40-18-17-39-37(46)27-15-13-22-9-11-24-19-26-20-25-12-10-23-14-16-28(38(47)48)42-33(23)35(25)44-36(26)43-34(24)32(22)41-27/h3-8,13-16,19-20,40H,9-12,17-18H2,1-2H3,(H,39,46)(H,47,48). The van der Waals surface area contributed by atoms with Gasteiger partial charge in [0.15, 0.2) is 5.65 Å². The smallest absolute Gasteiger partial charge is 0.354 e. The van der Waals surface area contributed by atoms with Crippen LogP contribution in [0.1, 0.15) is 43.2 Å². The number of hydrogen-bond donors (Lipinski definition) is 3. The van der Waals surface area contributed by atoms with E-state index in [0.717, 1.165) is 64.4 Å². The van der Waals surface area contributed by atoms with Gasteiger partial charge in [-0.15, -0.1) is 0 Å². The first-order valence-corrected chi connectivity index (χ1v) is 18.1. The second-order valence-electron chi connectivity index (χ2n) is 12.9. The molecule has 0 atom stereocenters. The van der Waals surface area contributed by atoms with E-state index in [1.807, 2.05) is 49.3 Å². The maximum atomic E-state index is 13.4. The van der Waals surface area contributed by atoms with E-state index in [1.54, 1.807) is 24.3 Å². The summed E-state index contributed by atoms with van der Waals surface area (Å²) in [6.45, 7) is 0.0353. The molecule has 2 aliphatic rings. The van der Waals surface area contributed by atoms with Gasteiger partial charge in [-0.1, -0.05) is 36.4 Å². The average Bonchev–Trinajstić information content (AvgIpc) is 3.13. The molecule has 51 heavy (non-hydrogen) atoms. The molecule has 2 aliphatic carbocycles. The number of sulfonamides is 1. The number of aromatic carboxylic acids is 1. The Morgan fingerprint density at radius 3 is 1.90 bits per heavy atom. The number of aromatic nitrogens is 4. The van der Waals surface area contributed by atoms with E-state index < -0.39 is 21.9 Å². The van der Waals surface area contributed by atoms with Crippen LogP contribution in [-0.2, 0) is 35.7 Å². The van der Waals surface area contributed by atoms with Crippen LogP contribution >= 0.6 is 0 Å². The predicted molar refractivity (Wildman–Crippen MR) is 194 cm³/mol. The van der Waals surface area contributed by atoms with Crippen molar-refractivity contribution in [3.63, 3.8) is 0 Å². The van der Waals surface area contributed by atoms with Gasteiger partial charge in [0.2, 0.25) is 10.0 Å². The first kappa shape index (κ1) is 32.4. The van der Waals surface area contributed by atoms with Crippen molar-refractivity contribution in [2.24, 2.45) is 0 Å². The molecule has 8 rings (SSSR count). The molecule has 13 heteroatoms. The second-order valence-corrected chi connectivity index (χ2v) is 14.7. The van der Waals surface area contributed by atoms with Gasteiger partial charge < -0.3 is 15.3 Å². The normalized spacial score (nSPS) is 13.2. The number of carboxylic acids is 1. The summed E-state index contributed by atoms with van der Waals surface area (Å²) in [5.74, 6) is -1.53. The number of fused-ring (bicyclic) bond motifs is 8. The highest BCUT2D eigenvalue weighted by Crippen LogP contribution is 2.37. The van der Waals surface area contributed by atoms with E-state index in [0.29, 0.717) is 33.8 Å². The molecule has 0 aliphatic heterocycles. The molecule has 6 aromatic rings. The molecule has 3 N–H and O–H groups in total. The van der Waals surface area contributed by atoms with Crippen LogP contribution in [0.25, 0.3) is 44.6 Å². The summed E-state index contributed by atoms with van der Waals surface area (Å²) in [6.07, 6.45) is 3.01. The Morgan fingerprint density at radius 1 is 0.706 bits per heavy atom. The molecule has 0 saturated heterocycles. The molecular formula is C38H33N7O5S. The lowest BCUT2D eigenvalue weighted by Crippen LogP contribution is -2.35. The minimum absolute atomic E-state index is 0.0160. The number of rotatable bonds is 8. The van der Waals surface area contributed by atoms with E-state index >= 15 is 0 Å². The Kier molecular flexibility index (Phi) is 7.96. The third kappa shape index (κ3) is 5.83. The summed E-state index contributed by atoms with van der Waals surface area (Å²) in [5, 5.41) is 14.6. The SMILES string of the molecule is CN(C)c1cccc2cccc(S(=O)(=O)NCCNC(=O)c3ccc4c(n3)-c3nc5nc6c(cc5cc3CC4)CCc3ccc(C(=O)O)nc3-6)c12. The zero-order valence-corrected chi connectivity index (χ0v) is 28.7. The molecule has 0 saturated carbocycles. The van der Waals surface area contributed by atoms with Crippen LogP contribution in [0.5, 0.6) is 0 Å². The van der Waals surface area contributed by atoms with Gasteiger partial charge in [0.25, 0.3) is 5.91 Å². The quantitative estimate of drug-likeness (QED) is 0.192. The second kappa shape index (κ2) is 12.5. The molecule has 2 aromatic carbocycles. The lowest BCUT2D eigenvalue weighted by atomic mass is 9.89. The Labute approximate surface area is 293 Å². The summed E-state index contributed by atoms with van der Waals surface area (Å²) in [4.78, 5) is 45.9. The summed E-state index contributed by atoms with van der Waals surface area (Å²) >= 11 is 0. The monoisotopic (exact) mass is 699 g/mol. The maximum Gasteiger partial charge on any atom is 0.354 e. The fourth-order valence-corrected chi connectivity index (χ4v) is 8.25. The van der Waals surface area contributed by atoms with E-state index in [-0.39, 0.29) is 29.4 Å². The number of anilines is 1. The molecule has 4 heterocycles. The molecule has 256 valence electrons. The van der Waals surface area contributed by atoms with Crippen LogP contribution in [-0.4, -0.2) is 72.5 Å². The molecule has 0 radical (unpaired) electrons. The van der Waals surface area contributed by atoms with Crippen LogP contribution in [0.3, 0.4) is 0 Å². The van der Waals surface area contributed by atoms with Crippen LogP contribution < -0.4 is 14.9 Å². The number of benzene rings is 2. The third-order valence-corrected chi connectivity index (χ3v) is 11.0. The van der Waals surface area contributed by atoms with Gasteiger partial charge in [-0.25, -0.2) is 37.9 Å². The maximum absolute atomic E-state index is 13.4. The van der Waals surface area contributed by atoms with E-state index in [1.165, 1.54) is 6.07 Å². The lowest BCUT2D eigenvalue weighted by Gasteiger charge is -2.21. The Morgan fingerprint density at radius 2 is 1.27 bits per heavy atom. The van der Waals surface area contributed by atoms with Crippen molar-refractivity contribution in [1.29, 1.82) is 0 Å². The Bertz CT molecular complexity index is 2550. The van der Waals surface area contributed by atoms with Gasteiger partial charge in [0.1, 0.15) is 11.4 Å². The molecular weight excluding hydrogens is 667 g/mol. The molecule has 0 unspecified atom stereocenters. The fraction of sp³-hybridized carbons (Fsp3) is 0.211. The molecule has 12 nitrogen and oxygen atoms in total. The highest BCUT2D eigenvalue weighted by molar-refractivity contribution is 7.89. The first-order valence-electron chi connectivity index (χ1n) is 16.6. The van der Waals surface area contributed by atoms with E-state index in [4.69, 9.17) is 15.0 Å². The number of amides is 1. The minimum atomic E-state index is -3.89. The van der Waals surface area contributed by atoms with E-state index in [2.05, 4.69) is 27.2 Å². The molecule has 0 fully saturated rings. The van der Waals surface area contributed by atoms with Gasteiger partial charge in [-0.2, -0.15) is 0 Å². The topological polar surface area (TPSA) is 167 Å². The summed E-state index contributed by atoms with van der Waals surface area (Å²) in [5.41, 5.74) is 7.78. The van der Waals surface area contributed by atoms with Crippen molar-refractivity contribution >= 4 is 49.4 Å². The van der Waals surface area contributed by atoms with Crippen LogP contribution in [0.4, 0.5) is 5.69 Å². The number of carboxylic acid groups (broad SMARTS) is 1. The highest BCUT2D eigenvalue weighted by atomic mass is 32.2. The zero-order chi connectivity index (χ0) is 35.4. The zero-order valence-electron chi connectivity index (χ0n) is 27.9. The van der Waals surface area contributed by atoms with Crippen molar-refractivity contribution in [1.82, 2.24) is 30.0 Å². The van der Waals surface area contributed by atoms with Gasteiger partial charge in [-0.05, 0) is 89.7 Å². The number of hydrogen-bond acceptors (Lipinski definition) is 9. The van der Waals surface area contributed by atoms with Crippen molar-refractivity contribution in [3.05, 3.63) is 106 Å². The van der Waals surface area contributed by atoms with Gasteiger partial charge >= 0.3 is 5.97 Å². The molecule has 0 spiro atoms. The van der Waals surface area contributed by atoms with Gasteiger partial charge in [-0.3, -0.25) is 4.79 Å².